The minimum Gasteiger partial charge on any atom is -0.506 e. The quantitative estimate of drug-likeness (QED) is 0.464. The molecule has 0 aliphatic heterocycles. The lowest BCUT2D eigenvalue weighted by atomic mass is 10.0. The van der Waals surface area contributed by atoms with Gasteiger partial charge in [0.25, 0.3) is 0 Å². The summed E-state index contributed by atoms with van der Waals surface area (Å²) in [5, 5.41) is 12.4. The van der Waals surface area contributed by atoms with Gasteiger partial charge in [0.15, 0.2) is 5.78 Å². The van der Waals surface area contributed by atoms with Crippen LogP contribution in [0.25, 0.3) is 12.2 Å². The van der Waals surface area contributed by atoms with Crippen LogP contribution >= 0.6 is 11.3 Å². The molecule has 4 heteroatoms. The standard InChI is InChI=1S/C19H18O3S/c1-13(2)6-8-16-18(22-3)11-9-15(19(16)21)17(20)10-7-14-5-4-12-23-14/h4-12,21H,1H2,2-3H3. The van der Waals surface area contributed by atoms with E-state index in [1.54, 1.807) is 41.7 Å². The van der Waals surface area contributed by atoms with E-state index in [-0.39, 0.29) is 17.1 Å². The first-order chi connectivity index (χ1) is 11.0. The number of carbonyl (C=O) groups excluding carboxylic acids is 1. The second-order valence-corrected chi connectivity index (χ2v) is 5.95. The molecule has 1 N–H and O–H groups in total. The Kier molecular flexibility index (Phi) is 5.55. The van der Waals surface area contributed by atoms with Gasteiger partial charge in [0.05, 0.1) is 18.2 Å². The molecule has 0 bridgehead atoms. The van der Waals surface area contributed by atoms with Gasteiger partial charge < -0.3 is 9.84 Å². The Balaban J connectivity index is 2.37. The highest BCUT2D eigenvalue weighted by Crippen LogP contribution is 2.33. The molecule has 0 amide bonds. The van der Waals surface area contributed by atoms with Gasteiger partial charge in [-0.15, -0.1) is 11.3 Å². The average molecular weight is 326 g/mol. The molecule has 0 spiro atoms. The first kappa shape index (κ1) is 16.8. The van der Waals surface area contributed by atoms with Crippen molar-refractivity contribution in [3.63, 3.8) is 0 Å². The first-order valence-electron chi connectivity index (χ1n) is 7.02. The number of allylic oxidation sites excluding steroid dienone is 3. The highest BCUT2D eigenvalue weighted by Gasteiger charge is 2.15. The van der Waals surface area contributed by atoms with Crippen molar-refractivity contribution in [1.29, 1.82) is 0 Å². The number of aromatic hydroxyl groups is 1. The molecule has 0 radical (unpaired) electrons. The van der Waals surface area contributed by atoms with Gasteiger partial charge >= 0.3 is 0 Å². The van der Waals surface area contributed by atoms with E-state index >= 15 is 0 Å². The Morgan fingerprint density at radius 1 is 1.26 bits per heavy atom. The van der Waals surface area contributed by atoms with Crippen LogP contribution in [0.3, 0.4) is 0 Å². The summed E-state index contributed by atoms with van der Waals surface area (Å²) in [7, 11) is 1.52. The number of methoxy groups -OCH3 is 1. The summed E-state index contributed by atoms with van der Waals surface area (Å²) in [6.45, 7) is 5.63. The number of thiophene rings is 1. The van der Waals surface area contributed by atoms with Gasteiger partial charge in [0, 0.05) is 4.88 Å². The van der Waals surface area contributed by atoms with Crippen molar-refractivity contribution in [2.45, 2.75) is 6.92 Å². The highest BCUT2D eigenvalue weighted by molar-refractivity contribution is 7.10. The minimum absolute atomic E-state index is 0.0947. The zero-order chi connectivity index (χ0) is 16.8. The molecule has 2 aromatic rings. The van der Waals surface area contributed by atoms with Crippen molar-refractivity contribution in [1.82, 2.24) is 0 Å². The first-order valence-corrected chi connectivity index (χ1v) is 7.90. The van der Waals surface area contributed by atoms with Crippen LogP contribution in [0.1, 0.15) is 27.7 Å². The zero-order valence-corrected chi connectivity index (χ0v) is 13.9. The number of phenolic OH excluding ortho intramolecular Hbond substituents is 1. The Morgan fingerprint density at radius 2 is 2.04 bits per heavy atom. The zero-order valence-electron chi connectivity index (χ0n) is 13.1. The number of ketones is 1. The minimum atomic E-state index is -0.261. The molecule has 23 heavy (non-hydrogen) atoms. The average Bonchev–Trinajstić information content (AvgIpc) is 3.04. The summed E-state index contributed by atoms with van der Waals surface area (Å²) < 4.78 is 5.24. The van der Waals surface area contributed by atoms with Gasteiger partial charge in [-0.3, -0.25) is 4.79 Å². The second kappa shape index (κ2) is 7.61. The molecule has 3 nitrogen and oxygen atoms in total. The molecule has 0 aliphatic rings. The van der Waals surface area contributed by atoms with Crippen molar-refractivity contribution in [2.24, 2.45) is 0 Å². The second-order valence-electron chi connectivity index (χ2n) is 4.97. The van der Waals surface area contributed by atoms with Crippen molar-refractivity contribution in [3.8, 4) is 11.5 Å². The predicted molar refractivity (Wildman–Crippen MR) is 96.2 cm³/mol. The molecule has 1 aromatic heterocycles. The maximum Gasteiger partial charge on any atom is 0.189 e. The molecule has 0 unspecified atom stereocenters. The molecule has 0 saturated carbocycles. The van der Waals surface area contributed by atoms with E-state index < -0.39 is 0 Å². The van der Waals surface area contributed by atoms with Crippen molar-refractivity contribution >= 4 is 29.3 Å². The van der Waals surface area contributed by atoms with Crippen LogP contribution in [0, 0.1) is 0 Å². The number of phenols is 1. The van der Waals surface area contributed by atoms with Crippen LogP contribution in [-0.2, 0) is 0 Å². The van der Waals surface area contributed by atoms with Crippen LogP contribution in [0.2, 0.25) is 0 Å². The van der Waals surface area contributed by atoms with Crippen LogP contribution in [0.5, 0.6) is 11.5 Å². The van der Waals surface area contributed by atoms with E-state index in [4.69, 9.17) is 4.74 Å². The van der Waals surface area contributed by atoms with Gasteiger partial charge in [-0.05, 0) is 48.7 Å². The Hall–Kier alpha value is -2.59. The largest absolute Gasteiger partial charge is 0.506 e. The summed E-state index contributed by atoms with van der Waals surface area (Å²) in [6, 6.07) is 7.07. The molecule has 1 heterocycles. The lowest BCUT2D eigenvalue weighted by Crippen LogP contribution is -1.98. The molecule has 0 fully saturated rings. The predicted octanol–water partition coefficient (Wildman–Crippen LogP) is 4.95. The van der Waals surface area contributed by atoms with Crippen LogP contribution in [0.15, 0.2) is 53.9 Å². The number of rotatable bonds is 6. The Bertz CT molecular complexity index is 768. The summed E-state index contributed by atoms with van der Waals surface area (Å²) >= 11 is 1.54. The van der Waals surface area contributed by atoms with E-state index in [0.717, 1.165) is 10.5 Å². The maximum absolute atomic E-state index is 12.3. The van der Waals surface area contributed by atoms with E-state index in [1.807, 2.05) is 24.4 Å². The van der Waals surface area contributed by atoms with Gasteiger partial charge in [-0.2, -0.15) is 0 Å². The normalized spacial score (nSPS) is 11.2. The summed E-state index contributed by atoms with van der Waals surface area (Å²) in [6.07, 6.45) is 6.64. The van der Waals surface area contributed by atoms with Crippen molar-refractivity contribution in [2.75, 3.05) is 7.11 Å². The molecule has 0 atom stereocenters. The number of benzene rings is 1. The third kappa shape index (κ3) is 4.20. The third-order valence-electron chi connectivity index (χ3n) is 3.14. The third-order valence-corrected chi connectivity index (χ3v) is 3.98. The van der Waals surface area contributed by atoms with E-state index in [2.05, 4.69) is 6.58 Å². The van der Waals surface area contributed by atoms with Crippen LogP contribution < -0.4 is 4.74 Å². The smallest absolute Gasteiger partial charge is 0.189 e. The fraction of sp³-hybridized carbons (Fsp3) is 0.105. The van der Waals surface area contributed by atoms with E-state index in [0.29, 0.717) is 11.3 Å². The molecular weight excluding hydrogens is 308 g/mol. The molecule has 0 aliphatic carbocycles. The molecule has 1 aromatic carbocycles. The fourth-order valence-electron chi connectivity index (χ4n) is 1.99. The van der Waals surface area contributed by atoms with Crippen molar-refractivity contribution < 1.29 is 14.6 Å². The van der Waals surface area contributed by atoms with E-state index in [1.165, 1.54) is 13.2 Å². The van der Waals surface area contributed by atoms with Gasteiger partial charge in [0.1, 0.15) is 11.5 Å². The number of hydrogen-bond acceptors (Lipinski definition) is 4. The SMILES string of the molecule is C=C(C)C=Cc1c(OC)ccc(C(=O)C=Cc2cccs2)c1O. The molecule has 2 rings (SSSR count). The topological polar surface area (TPSA) is 46.5 Å². The summed E-state index contributed by atoms with van der Waals surface area (Å²) in [5.74, 6) is 0.144. The van der Waals surface area contributed by atoms with Gasteiger partial charge in [-0.25, -0.2) is 0 Å². The Morgan fingerprint density at radius 3 is 2.65 bits per heavy atom. The Labute approximate surface area is 139 Å². The highest BCUT2D eigenvalue weighted by atomic mass is 32.1. The lowest BCUT2D eigenvalue weighted by Gasteiger charge is -2.10. The molecular formula is C19H18O3S. The molecule has 118 valence electrons. The summed E-state index contributed by atoms with van der Waals surface area (Å²) in [5.41, 5.74) is 1.53. The van der Waals surface area contributed by atoms with Gasteiger partial charge in [0.2, 0.25) is 0 Å². The van der Waals surface area contributed by atoms with Crippen molar-refractivity contribution in [3.05, 3.63) is 70.0 Å². The maximum atomic E-state index is 12.3. The molecule has 0 saturated heterocycles. The van der Waals surface area contributed by atoms with Crippen LogP contribution in [0.4, 0.5) is 0 Å². The lowest BCUT2D eigenvalue weighted by molar-refractivity contribution is 0.104. The monoisotopic (exact) mass is 326 g/mol. The van der Waals surface area contributed by atoms with Gasteiger partial charge in [-0.1, -0.05) is 24.3 Å². The number of ether oxygens (including phenoxy) is 1. The van der Waals surface area contributed by atoms with E-state index in [9.17, 15) is 9.90 Å². The fourth-order valence-corrected chi connectivity index (χ4v) is 2.60. The summed E-state index contributed by atoms with van der Waals surface area (Å²) in [4.78, 5) is 13.3. The number of carbonyl (C=O) groups is 1. The number of hydrogen-bond donors (Lipinski definition) is 1. The van der Waals surface area contributed by atoms with Crippen LogP contribution in [-0.4, -0.2) is 18.0 Å².